The lowest BCUT2D eigenvalue weighted by Gasteiger charge is -2.37. The van der Waals surface area contributed by atoms with Crippen molar-refractivity contribution in [2.75, 3.05) is 33.3 Å². The molecule has 1 heterocycles. The number of methoxy groups -OCH3 is 1. The van der Waals surface area contributed by atoms with Crippen LogP contribution in [0.25, 0.3) is 0 Å². The van der Waals surface area contributed by atoms with Gasteiger partial charge in [-0.05, 0) is 51.6 Å². The average Bonchev–Trinajstić information content (AvgIpc) is 2.28. The van der Waals surface area contributed by atoms with Crippen molar-refractivity contribution >= 4 is 0 Å². The lowest BCUT2D eigenvalue weighted by molar-refractivity contribution is 0.00216. The van der Waals surface area contributed by atoms with Crippen LogP contribution < -0.4 is 5.73 Å². The molecule has 0 bridgehead atoms. The van der Waals surface area contributed by atoms with Crippen molar-refractivity contribution in [2.45, 2.75) is 39.2 Å². The minimum atomic E-state index is 0.00126. The van der Waals surface area contributed by atoms with Gasteiger partial charge in [-0.3, -0.25) is 0 Å². The summed E-state index contributed by atoms with van der Waals surface area (Å²) in [5.74, 6) is 1.47. The number of piperidine rings is 1. The fourth-order valence-corrected chi connectivity index (χ4v) is 2.26. The van der Waals surface area contributed by atoms with E-state index in [-0.39, 0.29) is 5.60 Å². The standard InChI is InChI=1S/C13H28N2O/c1-11-5-7-15(10-12(11)9-14)8-6-13(2,3)16-4/h11-12H,5-10,14H2,1-4H3. The van der Waals surface area contributed by atoms with Crippen molar-refractivity contribution in [3.05, 3.63) is 0 Å². The Morgan fingerprint density at radius 1 is 1.44 bits per heavy atom. The Labute approximate surface area is 100 Å². The monoisotopic (exact) mass is 228 g/mol. The van der Waals surface area contributed by atoms with Gasteiger partial charge in [-0.1, -0.05) is 6.92 Å². The van der Waals surface area contributed by atoms with Gasteiger partial charge in [0.15, 0.2) is 0 Å². The molecular formula is C13H28N2O. The third kappa shape index (κ3) is 4.04. The zero-order valence-corrected chi connectivity index (χ0v) is 11.3. The highest BCUT2D eigenvalue weighted by molar-refractivity contribution is 4.80. The summed E-state index contributed by atoms with van der Waals surface area (Å²) in [6.45, 7) is 11.0. The summed E-state index contributed by atoms with van der Waals surface area (Å²) in [5, 5.41) is 0. The van der Waals surface area contributed by atoms with Crippen LogP contribution in [0.4, 0.5) is 0 Å². The van der Waals surface area contributed by atoms with E-state index in [1.54, 1.807) is 7.11 Å². The highest BCUT2D eigenvalue weighted by Crippen LogP contribution is 2.23. The number of likely N-dealkylation sites (tertiary alicyclic amines) is 1. The third-order valence-corrected chi connectivity index (χ3v) is 4.08. The topological polar surface area (TPSA) is 38.5 Å². The van der Waals surface area contributed by atoms with Gasteiger partial charge in [0.05, 0.1) is 5.60 Å². The molecule has 0 aliphatic carbocycles. The first-order valence-corrected chi connectivity index (χ1v) is 6.46. The first kappa shape index (κ1) is 13.9. The molecule has 1 aliphatic rings. The summed E-state index contributed by atoms with van der Waals surface area (Å²) in [5.41, 5.74) is 5.81. The Bertz CT molecular complexity index is 206. The predicted octanol–water partition coefficient (Wildman–Crippen LogP) is 1.72. The van der Waals surface area contributed by atoms with Gasteiger partial charge in [-0.25, -0.2) is 0 Å². The van der Waals surface area contributed by atoms with Gasteiger partial charge < -0.3 is 15.4 Å². The summed E-state index contributed by atoms with van der Waals surface area (Å²) in [7, 11) is 1.79. The van der Waals surface area contributed by atoms with Crippen LogP contribution in [-0.4, -0.2) is 43.8 Å². The molecule has 1 fully saturated rings. The van der Waals surface area contributed by atoms with Gasteiger partial charge in [0, 0.05) is 20.2 Å². The van der Waals surface area contributed by atoms with E-state index in [2.05, 4.69) is 25.7 Å². The maximum atomic E-state index is 5.81. The minimum absolute atomic E-state index is 0.00126. The quantitative estimate of drug-likeness (QED) is 0.778. The zero-order valence-electron chi connectivity index (χ0n) is 11.3. The van der Waals surface area contributed by atoms with Crippen LogP contribution in [0.1, 0.15) is 33.6 Å². The molecule has 0 saturated carbocycles. The normalized spacial score (nSPS) is 28.3. The lowest BCUT2D eigenvalue weighted by atomic mass is 9.87. The second kappa shape index (κ2) is 5.99. The molecule has 0 aromatic rings. The van der Waals surface area contributed by atoms with Crippen LogP contribution >= 0.6 is 0 Å². The summed E-state index contributed by atoms with van der Waals surface area (Å²) in [6, 6.07) is 0. The van der Waals surface area contributed by atoms with E-state index in [0.29, 0.717) is 5.92 Å². The van der Waals surface area contributed by atoms with Crippen molar-refractivity contribution in [3.63, 3.8) is 0 Å². The molecule has 3 nitrogen and oxygen atoms in total. The fraction of sp³-hybridized carbons (Fsp3) is 1.00. The molecule has 1 rings (SSSR count). The molecule has 1 aliphatic heterocycles. The highest BCUT2D eigenvalue weighted by Gasteiger charge is 2.26. The molecule has 0 aromatic heterocycles. The summed E-state index contributed by atoms with van der Waals surface area (Å²) in [6.07, 6.45) is 2.38. The van der Waals surface area contributed by atoms with Gasteiger partial charge in [0.1, 0.15) is 0 Å². The van der Waals surface area contributed by atoms with E-state index in [1.807, 2.05) is 0 Å². The van der Waals surface area contributed by atoms with E-state index in [1.165, 1.54) is 13.0 Å². The third-order valence-electron chi connectivity index (χ3n) is 4.08. The number of ether oxygens (including phenoxy) is 1. The maximum Gasteiger partial charge on any atom is 0.0634 e. The smallest absolute Gasteiger partial charge is 0.0634 e. The van der Waals surface area contributed by atoms with E-state index in [0.717, 1.165) is 32.0 Å². The van der Waals surface area contributed by atoms with E-state index < -0.39 is 0 Å². The number of hydrogen-bond acceptors (Lipinski definition) is 3. The molecule has 16 heavy (non-hydrogen) atoms. The summed E-state index contributed by atoms with van der Waals surface area (Å²) in [4.78, 5) is 2.54. The molecule has 1 saturated heterocycles. The van der Waals surface area contributed by atoms with Crippen molar-refractivity contribution < 1.29 is 4.74 Å². The van der Waals surface area contributed by atoms with Crippen molar-refractivity contribution in [3.8, 4) is 0 Å². The van der Waals surface area contributed by atoms with Crippen molar-refractivity contribution in [1.82, 2.24) is 4.90 Å². The van der Waals surface area contributed by atoms with Crippen LogP contribution in [0.3, 0.4) is 0 Å². The largest absolute Gasteiger partial charge is 0.379 e. The number of rotatable bonds is 5. The second-order valence-corrected chi connectivity index (χ2v) is 5.78. The first-order chi connectivity index (χ1) is 7.48. The molecule has 0 aromatic carbocycles. The molecule has 0 spiro atoms. The van der Waals surface area contributed by atoms with Crippen molar-refractivity contribution in [1.29, 1.82) is 0 Å². The summed E-state index contributed by atoms with van der Waals surface area (Å²) < 4.78 is 5.45. The molecular weight excluding hydrogens is 200 g/mol. The van der Waals surface area contributed by atoms with E-state index >= 15 is 0 Å². The predicted molar refractivity (Wildman–Crippen MR) is 68.5 cm³/mol. The lowest BCUT2D eigenvalue weighted by Crippen LogP contribution is -2.44. The van der Waals surface area contributed by atoms with Crippen LogP contribution in [0.15, 0.2) is 0 Å². The number of nitrogens with zero attached hydrogens (tertiary/aromatic N) is 1. The fourth-order valence-electron chi connectivity index (χ4n) is 2.26. The van der Waals surface area contributed by atoms with Gasteiger partial charge in [-0.15, -0.1) is 0 Å². The van der Waals surface area contributed by atoms with Crippen LogP contribution in [0.2, 0.25) is 0 Å². The zero-order chi connectivity index (χ0) is 12.2. The van der Waals surface area contributed by atoms with Gasteiger partial charge >= 0.3 is 0 Å². The SMILES string of the molecule is COC(C)(C)CCN1CCC(C)C(CN)C1. The molecule has 0 radical (unpaired) electrons. The van der Waals surface area contributed by atoms with Crippen molar-refractivity contribution in [2.24, 2.45) is 17.6 Å². The highest BCUT2D eigenvalue weighted by atomic mass is 16.5. The minimum Gasteiger partial charge on any atom is -0.379 e. The Hall–Kier alpha value is -0.120. The Morgan fingerprint density at radius 2 is 2.12 bits per heavy atom. The van der Waals surface area contributed by atoms with E-state index in [4.69, 9.17) is 10.5 Å². The molecule has 2 unspecified atom stereocenters. The molecule has 2 atom stereocenters. The molecule has 0 amide bonds. The van der Waals surface area contributed by atoms with Crippen LogP contribution in [-0.2, 0) is 4.74 Å². The first-order valence-electron chi connectivity index (χ1n) is 6.46. The number of hydrogen-bond donors (Lipinski definition) is 1. The molecule has 96 valence electrons. The second-order valence-electron chi connectivity index (χ2n) is 5.78. The number of nitrogens with two attached hydrogens (primary N) is 1. The molecule has 3 heteroatoms. The van der Waals surface area contributed by atoms with E-state index in [9.17, 15) is 0 Å². The summed E-state index contributed by atoms with van der Waals surface area (Å²) >= 11 is 0. The Kier molecular flexibility index (Phi) is 5.22. The van der Waals surface area contributed by atoms with Crippen LogP contribution in [0, 0.1) is 11.8 Å². The Morgan fingerprint density at radius 3 is 2.69 bits per heavy atom. The van der Waals surface area contributed by atoms with Crippen LogP contribution in [0.5, 0.6) is 0 Å². The Balaban J connectivity index is 2.33. The average molecular weight is 228 g/mol. The maximum absolute atomic E-state index is 5.81. The van der Waals surface area contributed by atoms with Gasteiger partial charge in [-0.2, -0.15) is 0 Å². The van der Waals surface area contributed by atoms with Gasteiger partial charge in [0.25, 0.3) is 0 Å². The van der Waals surface area contributed by atoms with Gasteiger partial charge in [0.2, 0.25) is 0 Å². The molecule has 2 N–H and O–H groups in total.